The van der Waals surface area contributed by atoms with E-state index in [2.05, 4.69) is 31.2 Å². The Labute approximate surface area is 421 Å². The molecule has 0 amide bonds. The molecule has 408 valence electrons. The van der Waals surface area contributed by atoms with E-state index in [4.69, 9.17) is 23.0 Å². The van der Waals surface area contributed by atoms with Crippen LogP contribution in [0.3, 0.4) is 0 Å². The molecule has 1 heterocycles. The summed E-state index contributed by atoms with van der Waals surface area (Å²) >= 11 is 0. The van der Waals surface area contributed by atoms with Gasteiger partial charge in [0.25, 0.3) is 0 Å². The van der Waals surface area contributed by atoms with Crippen molar-refractivity contribution in [3.8, 4) is 0 Å². The number of esters is 2. The van der Waals surface area contributed by atoms with Gasteiger partial charge in [0, 0.05) is 18.8 Å². The Morgan fingerprint density at radius 2 is 1.45 bits per heavy atom. The zero-order chi connectivity index (χ0) is 52.5. The first-order valence-corrected chi connectivity index (χ1v) is 28.9. The van der Waals surface area contributed by atoms with Crippen LogP contribution in [-0.2, 0) is 46.6 Å². The van der Waals surface area contributed by atoms with E-state index in [1.165, 1.54) is 50.7 Å². The number of rotatable bonds is 28. The van der Waals surface area contributed by atoms with Crippen molar-refractivity contribution >= 4 is 33.4 Å². The molecule has 0 spiro atoms. The molecule has 18 nitrogen and oxygen atoms in total. The molecule has 1 aliphatic carbocycles. The third kappa shape index (κ3) is 29.1. The fraction of sp³-hybridized carbons (Fsp3) is 0.745. The molecule has 0 aromatic carbocycles. The van der Waals surface area contributed by atoms with Crippen molar-refractivity contribution in [2.75, 3.05) is 13.2 Å². The van der Waals surface area contributed by atoms with Gasteiger partial charge in [0.1, 0.15) is 31.0 Å². The maximum atomic E-state index is 13.8. The zero-order valence-electron chi connectivity index (χ0n) is 42.0. The van der Waals surface area contributed by atoms with Crippen molar-refractivity contribution in [2.45, 2.75) is 217 Å². The molecule has 2 rings (SSSR count). The minimum Gasteiger partial charge on any atom is -0.462 e. The summed E-state index contributed by atoms with van der Waals surface area (Å²) in [5, 5.41) is 56.5. The molecule has 0 saturated heterocycles. The summed E-state index contributed by atoms with van der Waals surface area (Å²) in [5.74, 6) is -5.28. The minimum atomic E-state index is -5.75. The number of phosphoric acid groups is 2. The fourth-order valence-electron chi connectivity index (χ4n) is 8.14. The second kappa shape index (κ2) is 37.1. The van der Waals surface area contributed by atoms with Crippen LogP contribution in [0, 0.1) is 11.8 Å². The van der Waals surface area contributed by atoms with E-state index in [1.807, 2.05) is 6.92 Å². The Balaban J connectivity index is 2.15. The van der Waals surface area contributed by atoms with Crippen LogP contribution in [0.25, 0.3) is 0 Å². The summed E-state index contributed by atoms with van der Waals surface area (Å²) in [6, 6.07) is 0. The highest BCUT2D eigenvalue weighted by atomic mass is 31.2. The van der Waals surface area contributed by atoms with E-state index < -0.39 is 107 Å². The van der Waals surface area contributed by atoms with Gasteiger partial charge in [-0.3, -0.25) is 28.0 Å². The van der Waals surface area contributed by atoms with Crippen molar-refractivity contribution in [3.63, 3.8) is 0 Å². The number of phosphoric ester groups is 2. The normalized spacial score (nSPS) is 29.2. The number of cyclic esters (lactones) is 1. The van der Waals surface area contributed by atoms with Gasteiger partial charge >= 0.3 is 27.6 Å². The van der Waals surface area contributed by atoms with Gasteiger partial charge in [-0.15, -0.1) is 0 Å². The summed E-state index contributed by atoms with van der Waals surface area (Å²) in [7, 11) is -11.4. The molecule has 11 atom stereocenters. The Bertz CT molecular complexity index is 1740. The number of carbonyl (C=O) groups is 3. The van der Waals surface area contributed by atoms with Crippen molar-refractivity contribution in [1.82, 2.24) is 0 Å². The lowest BCUT2D eigenvalue weighted by Gasteiger charge is -2.38. The predicted octanol–water partition coefficient (Wildman–Crippen LogP) is 8.24. The molecule has 0 saturated carbocycles. The van der Waals surface area contributed by atoms with Gasteiger partial charge in [0.05, 0.1) is 30.8 Å². The van der Waals surface area contributed by atoms with E-state index in [9.17, 15) is 63.7 Å². The summed E-state index contributed by atoms with van der Waals surface area (Å²) in [6.45, 7) is 2.59. The van der Waals surface area contributed by atoms with Gasteiger partial charge in [-0.05, 0) is 70.3 Å². The molecular formula is C51H86O18P2. The van der Waals surface area contributed by atoms with E-state index >= 15 is 0 Å². The Morgan fingerprint density at radius 1 is 0.831 bits per heavy atom. The van der Waals surface area contributed by atoms with Gasteiger partial charge in [-0.25, -0.2) is 9.13 Å². The minimum absolute atomic E-state index is 0.0571. The first-order chi connectivity index (χ1) is 33.9. The molecule has 2 aliphatic rings. The second-order valence-electron chi connectivity index (χ2n) is 18.5. The molecule has 1 unspecified atom stereocenters. The molecule has 20 heteroatoms. The average Bonchev–Trinajstić information content (AvgIpc) is 3.32. The van der Waals surface area contributed by atoms with E-state index in [-0.39, 0.29) is 32.1 Å². The van der Waals surface area contributed by atoms with Crippen molar-refractivity contribution < 1.29 is 86.8 Å². The lowest BCUT2D eigenvalue weighted by atomic mass is 9.87. The average molecular weight is 1050 g/mol. The number of unbranched alkanes of at least 4 members (excludes halogenated alkanes) is 14. The fourth-order valence-corrected chi connectivity index (χ4v) is 9.67. The molecule has 8 N–H and O–H groups in total. The van der Waals surface area contributed by atoms with Crippen LogP contribution in [0.2, 0.25) is 0 Å². The van der Waals surface area contributed by atoms with Crippen molar-refractivity contribution in [2.24, 2.45) is 11.8 Å². The number of ketones is 1. The summed E-state index contributed by atoms with van der Waals surface area (Å²) in [5.41, 5.74) is 0. The van der Waals surface area contributed by atoms with Gasteiger partial charge in [0.2, 0.25) is 0 Å². The monoisotopic (exact) mass is 1050 g/mol. The summed E-state index contributed by atoms with van der Waals surface area (Å²) in [4.78, 5) is 70.4. The third-order valence-electron chi connectivity index (χ3n) is 12.3. The van der Waals surface area contributed by atoms with Gasteiger partial charge in [0.15, 0.2) is 11.9 Å². The standard InChI is InChI=1S/C51H86O18P2/c1-3-5-7-8-9-10-11-12-13-14-15-16-17-18-19-20-21-22-27-31-44(54)65-37-41-38-66-71(63,64)69-51-49(59)48(58)46(56)39(29-26-23-24-28-32-45(55)67-41)33-36-43(53)42(35-34-40(52)30-25-6-4-2)47(57)50(51)68-70(60,61)62/h9-10,12-13,23,26,33-36,39-42,46-52,56-59H,3-8,11,14-22,24-25,27-32,37-38H2,1-2H3,(H,63,64)(H2,60,61,62)/b10-9-,13-12-,26-23-,35-34+,36-33-/t39-,40-,41+,42-,46+,47+,48-,49+,50+,51-/m0/s1. The van der Waals surface area contributed by atoms with Gasteiger partial charge in [-0.1, -0.05) is 146 Å². The largest absolute Gasteiger partial charge is 0.472 e. The van der Waals surface area contributed by atoms with Crippen LogP contribution in [0.1, 0.15) is 168 Å². The lowest BCUT2D eigenvalue weighted by molar-refractivity contribution is -0.163. The van der Waals surface area contributed by atoms with Crippen LogP contribution in [0.4, 0.5) is 0 Å². The molecule has 0 radical (unpaired) electrons. The van der Waals surface area contributed by atoms with E-state index in [1.54, 1.807) is 12.2 Å². The topological polar surface area (TPSA) is 293 Å². The van der Waals surface area contributed by atoms with Crippen LogP contribution in [0.5, 0.6) is 0 Å². The van der Waals surface area contributed by atoms with Crippen LogP contribution in [0.15, 0.2) is 60.8 Å². The predicted molar refractivity (Wildman–Crippen MR) is 268 cm³/mol. The van der Waals surface area contributed by atoms with Crippen molar-refractivity contribution in [3.05, 3.63) is 60.8 Å². The smallest absolute Gasteiger partial charge is 0.462 e. The highest BCUT2D eigenvalue weighted by Gasteiger charge is 2.50. The number of ether oxygens (including phenoxy) is 2. The van der Waals surface area contributed by atoms with Gasteiger partial charge < -0.3 is 49.7 Å². The first-order valence-electron chi connectivity index (χ1n) is 25.9. The second-order valence-corrected chi connectivity index (χ2v) is 21.1. The SMILES string of the molecule is CCCCC/C=C\C/C=C\CCCCCCCCCCCC(=O)OC[C@@H]1COP(=O)(O)O[C@H]2[C@H](O)[C@@H](O)[C@H](O)[C@H](/C=C\C(=O)[C@H](/C=C/[C@@H](O)CCCCC)[C@@H](O)[C@H]2OP(=O)(O)O)C/C=C\CCCC(=O)O1. The van der Waals surface area contributed by atoms with E-state index in [0.717, 1.165) is 76.4 Å². The Morgan fingerprint density at radius 3 is 2.10 bits per heavy atom. The van der Waals surface area contributed by atoms with Crippen molar-refractivity contribution in [1.29, 1.82) is 0 Å². The molecule has 2 bridgehead atoms. The molecule has 0 fully saturated rings. The number of hydrogen-bond acceptors (Lipinski definition) is 15. The number of carbonyl (C=O) groups excluding carboxylic acids is 3. The number of hydrogen-bond donors (Lipinski definition) is 8. The number of fused-ring (bicyclic) bond motifs is 4. The highest BCUT2D eigenvalue weighted by Crippen LogP contribution is 2.49. The first kappa shape index (κ1) is 64.4. The van der Waals surface area contributed by atoms with Crippen LogP contribution >= 0.6 is 15.6 Å². The van der Waals surface area contributed by atoms with E-state index in [0.29, 0.717) is 19.3 Å². The number of aliphatic hydroxyl groups excluding tert-OH is 5. The summed E-state index contributed by atoms with van der Waals surface area (Å²) < 4.78 is 52.1. The Hall–Kier alpha value is -2.67. The zero-order valence-corrected chi connectivity index (χ0v) is 43.8. The number of aliphatic hydroxyl groups is 5. The van der Waals surface area contributed by atoms with Crippen LogP contribution < -0.4 is 0 Å². The molecular weight excluding hydrogens is 962 g/mol. The lowest BCUT2D eigenvalue weighted by Crippen LogP contribution is -2.56. The quantitative estimate of drug-likeness (QED) is 0.0158. The maximum Gasteiger partial charge on any atom is 0.472 e. The van der Waals surface area contributed by atoms with Crippen LogP contribution in [-0.4, -0.2) is 120 Å². The third-order valence-corrected chi connectivity index (χ3v) is 13.8. The van der Waals surface area contributed by atoms with Gasteiger partial charge in [-0.2, -0.15) is 0 Å². The maximum absolute atomic E-state index is 13.8. The Kier molecular flexibility index (Phi) is 33.7. The molecule has 1 aliphatic heterocycles. The summed E-state index contributed by atoms with van der Waals surface area (Å²) in [6.07, 6.45) is 18.5. The molecule has 71 heavy (non-hydrogen) atoms. The molecule has 0 aromatic rings. The highest BCUT2D eigenvalue weighted by molar-refractivity contribution is 7.47. The number of allylic oxidation sites excluding steroid dienone is 7. The molecule has 0 aromatic heterocycles.